The molecule has 0 aliphatic carbocycles. The van der Waals surface area contributed by atoms with Gasteiger partial charge in [0.25, 0.3) is 5.91 Å². The molecule has 0 saturated carbocycles. The number of hydrogen-bond acceptors (Lipinski definition) is 4. The van der Waals surface area contributed by atoms with E-state index >= 15 is 0 Å². The SMILES string of the molecule is COc1cc(/C=N\NC(=O)c2cccc3ccccc23)cc(I)c1OCc1ccccc1Cl. The molecule has 0 aromatic heterocycles. The van der Waals surface area contributed by atoms with E-state index in [1.54, 1.807) is 25.5 Å². The molecule has 0 aliphatic heterocycles. The van der Waals surface area contributed by atoms with Crippen molar-refractivity contribution in [3.8, 4) is 11.5 Å². The minimum absolute atomic E-state index is 0.274. The van der Waals surface area contributed by atoms with Crippen molar-refractivity contribution in [2.75, 3.05) is 7.11 Å². The molecule has 0 aliphatic rings. The van der Waals surface area contributed by atoms with Crippen molar-refractivity contribution >= 4 is 57.1 Å². The minimum atomic E-state index is -0.274. The zero-order valence-electron chi connectivity index (χ0n) is 17.7. The van der Waals surface area contributed by atoms with E-state index in [9.17, 15) is 4.79 Å². The fourth-order valence-corrected chi connectivity index (χ4v) is 4.34. The number of methoxy groups -OCH3 is 1. The lowest BCUT2D eigenvalue weighted by molar-refractivity contribution is 0.0957. The van der Waals surface area contributed by atoms with Crippen LogP contribution < -0.4 is 14.9 Å². The van der Waals surface area contributed by atoms with Gasteiger partial charge in [-0.2, -0.15) is 5.10 Å². The number of nitrogens with zero attached hydrogens (tertiary/aromatic N) is 1. The fourth-order valence-electron chi connectivity index (χ4n) is 3.37. The molecule has 0 spiro atoms. The number of halogens is 2. The monoisotopic (exact) mass is 570 g/mol. The molecule has 4 aromatic rings. The van der Waals surface area contributed by atoms with E-state index in [4.69, 9.17) is 21.1 Å². The molecule has 1 amide bonds. The molecule has 166 valence electrons. The van der Waals surface area contributed by atoms with E-state index in [1.165, 1.54) is 0 Å². The van der Waals surface area contributed by atoms with Crippen LogP contribution in [0.1, 0.15) is 21.5 Å². The molecule has 4 rings (SSSR count). The van der Waals surface area contributed by atoms with Crippen LogP contribution in [0.25, 0.3) is 10.8 Å². The Morgan fingerprint density at radius 2 is 1.82 bits per heavy atom. The minimum Gasteiger partial charge on any atom is -0.493 e. The maximum absolute atomic E-state index is 12.7. The van der Waals surface area contributed by atoms with Gasteiger partial charge in [-0.05, 0) is 63.2 Å². The lowest BCUT2D eigenvalue weighted by Gasteiger charge is -2.14. The van der Waals surface area contributed by atoms with Crippen LogP contribution >= 0.6 is 34.2 Å². The highest BCUT2D eigenvalue weighted by Crippen LogP contribution is 2.34. The molecule has 0 bridgehead atoms. The first-order valence-corrected chi connectivity index (χ1v) is 11.6. The highest BCUT2D eigenvalue weighted by Gasteiger charge is 2.13. The number of hydrazone groups is 1. The van der Waals surface area contributed by atoms with Crippen LogP contribution in [0, 0.1) is 3.57 Å². The highest BCUT2D eigenvalue weighted by atomic mass is 127. The number of carbonyl (C=O) groups is 1. The highest BCUT2D eigenvalue weighted by molar-refractivity contribution is 14.1. The Hall–Kier alpha value is -3.10. The van der Waals surface area contributed by atoms with Crippen molar-refractivity contribution < 1.29 is 14.3 Å². The van der Waals surface area contributed by atoms with E-state index in [0.29, 0.717) is 28.7 Å². The van der Waals surface area contributed by atoms with Gasteiger partial charge in [0.2, 0.25) is 0 Å². The van der Waals surface area contributed by atoms with Crippen molar-refractivity contribution in [2.45, 2.75) is 6.61 Å². The summed E-state index contributed by atoms with van der Waals surface area (Å²) >= 11 is 8.41. The lowest BCUT2D eigenvalue weighted by atomic mass is 10.0. The van der Waals surface area contributed by atoms with Gasteiger partial charge in [-0.15, -0.1) is 0 Å². The zero-order valence-corrected chi connectivity index (χ0v) is 20.6. The summed E-state index contributed by atoms with van der Waals surface area (Å²) in [4.78, 5) is 12.7. The molecule has 33 heavy (non-hydrogen) atoms. The molecule has 0 heterocycles. The maximum atomic E-state index is 12.7. The number of carbonyl (C=O) groups excluding carboxylic acids is 1. The van der Waals surface area contributed by atoms with Gasteiger partial charge in [-0.25, -0.2) is 5.43 Å². The van der Waals surface area contributed by atoms with Crippen LogP contribution in [0.5, 0.6) is 11.5 Å². The summed E-state index contributed by atoms with van der Waals surface area (Å²) in [5.41, 5.74) is 4.83. The Balaban J connectivity index is 1.48. The Morgan fingerprint density at radius 1 is 1.06 bits per heavy atom. The first-order chi connectivity index (χ1) is 16.1. The van der Waals surface area contributed by atoms with Crippen LogP contribution in [0.2, 0.25) is 5.02 Å². The van der Waals surface area contributed by atoms with Crippen LogP contribution in [0.4, 0.5) is 0 Å². The molecule has 0 fully saturated rings. The van der Waals surface area contributed by atoms with Crippen molar-refractivity contribution in [3.63, 3.8) is 0 Å². The predicted octanol–water partition coefficient (Wildman–Crippen LogP) is 6.45. The van der Waals surface area contributed by atoms with Crippen LogP contribution in [0.3, 0.4) is 0 Å². The summed E-state index contributed by atoms with van der Waals surface area (Å²) in [5.74, 6) is 0.912. The van der Waals surface area contributed by atoms with E-state index < -0.39 is 0 Å². The largest absolute Gasteiger partial charge is 0.493 e. The van der Waals surface area contributed by atoms with Crippen molar-refractivity contribution in [1.29, 1.82) is 0 Å². The fraction of sp³-hybridized carbons (Fsp3) is 0.0769. The molecule has 4 aromatic carbocycles. The molecular weight excluding hydrogens is 551 g/mol. The van der Waals surface area contributed by atoms with Gasteiger partial charge in [0.05, 0.1) is 16.9 Å². The average Bonchev–Trinajstić information content (AvgIpc) is 2.83. The van der Waals surface area contributed by atoms with Crippen LogP contribution in [0.15, 0.2) is 84.0 Å². The Kier molecular flexibility index (Phi) is 7.47. The van der Waals surface area contributed by atoms with Crippen molar-refractivity contribution in [1.82, 2.24) is 5.43 Å². The van der Waals surface area contributed by atoms with E-state index in [2.05, 4.69) is 33.1 Å². The Bertz CT molecular complexity index is 1340. The molecule has 0 radical (unpaired) electrons. The van der Waals surface area contributed by atoms with Crippen molar-refractivity contribution in [2.24, 2.45) is 5.10 Å². The molecule has 1 N–H and O–H groups in total. The van der Waals surface area contributed by atoms with Crippen LogP contribution in [-0.4, -0.2) is 19.2 Å². The van der Waals surface area contributed by atoms with E-state index in [0.717, 1.165) is 25.5 Å². The number of amides is 1. The van der Waals surface area contributed by atoms with E-state index in [1.807, 2.05) is 66.7 Å². The van der Waals surface area contributed by atoms with Crippen LogP contribution in [-0.2, 0) is 6.61 Å². The first-order valence-electron chi connectivity index (χ1n) is 10.1. The quantitative estimate of drug-likeness (QED) is 0.158. The van der Waals surface area contributed by atoms with Gasteiger partial charge in [0, 0.05) is 16.1 Å². The second kappa shape index (κ2) is 10.7. The maximum Gasteiger partial charge on any atom is 0.271 e. The Labute approximate surface area is 210 Å². The number of ether oxygens (including phenoxy) is 2. The second-order valence-electron chi connectivity index (χ2n) is 7.14. The molecule has 0 unspecified atom stereocenters. The summed E-state index contributed by atoms with van der Waals surface area (Å²) in [6.07, 6.45) is 1.57. The average molecular weight is 571 g/mol. The smallest absolute Gasteiger partial charge is 0.271 e. The number of nitrogens with one attached hydrogen (secondary N) is 1. The molecule has 0 atom stereocenters. The summed E-state index contributed by atoms with van der Waals surface area (Å²) in [7, 11) is 1.58. The van der Waals surface area contributed by atoms with Gasteiger partial charge in [0.1, 0.15) is 6.61 Å². The third-order valence-corrected chi connectivity index (χ3v) is 6.17. The van der Waals surface area contributed by atoms with Gasteiger partial charge in [-0.1, -0.05) is 66.2 Å². The summed E-state index contributed by atoms with van der Waals surface area (Å²) in [5, 5.41) is 6.66. The summed E-state index contributed by atoms with van der Waals surface area (Å²) in [6.45, 7) is 0.320. The zero-order chi connectivity index (χ0) is 23.2. The van der Waals surface area contributed by atoms with Crippen molar-refractivity contribution in [3.05, 3.63) is 104 Å². The topological polar surface area (TPSA) is 59.9 Å². The number of hydrogen-bond donors (Lipinski definition) is 1. The number of rotatable bonds is 7. The Morgan fingerprint density at radius 3 is 2.64 bits per heavy atom. The number of benzene rings is 4. The normalized spacial score (nSPS) is 11.0. The van der Waals surface area contributed by atoms with Gasteiger partial charge in [-0.3, -0.25) is 4.79 Å². The third kappa shape index (κ3) is 5.46. The number of fused-ring (bicyclic) bond motifs is 1. The van der Waals surface area contributed by atoms with E-state index in [-0.39, 0.29) is 5.91 Å². The van der Waals surface area contributed by atoms with Gasteiger partial charge in [0.15, 0.2) is 11.5 Å². The van der Waals surface area contributed by atoms with Gasteiger partial charge >= 0.3 is 0 Å². The molecule has 5 nitrogen and oxygen atoms in total. The summed E-state index contributed by atoms with van der Waals surface area (Å²) in [6, 6.07) is 24.6. The molecule has 0 saturated heterocycles. The second-order valence-corrected chi connectivity index (χ2v) is 8.71. The molecule has 7 heteroatoms. The third-order valence-electron chi connectivity index (χ3n) is 5.00. The van der Waals surface area contributed by atoms with Gasteiger partial charge < -0.3 is 9.47 Å². The lowest BCUT2D eigenvalue weighted by Crippen LogP contribution is -2.17. The predicted molar refractivity (Wildman–Crippen MR) is 141 cm³/mol. The first kappa shape index (κ1) is 23.1. The standard InChI is InChI=1S/C26H20ClIN2O3/c1-32-24-14-17(13-23(28)25(24)33-16-19-8-3-5-12-22(19)27)15-29-30-26(31)21-11-6-9-18-7-2-4-10-20(18)21/h2-15H,16H2,1H3,(H,30,31)/b29-15-. The summed E-state index contributed by atoms with van der Waals surface area (Å²) < 4.78 is 12.4. The molecular formula is C26H20ClIN2O3.